The van der Waals surface area contributed by atoms with Crippen molar-refractivity contribution in [3.05, 3.63) is 85.4 Å². The van der Waals surface area contributed by atoms with Crippen molar-refractivity contribution in [1.29, 1.82) is 0 Å². The van der Waals surface area contributed by atoms with E-state index in [9.17, 15) is 5.11 Å². The summed E-state index contributed by atoms with van der Waals surface area (Å²) in [5, 5.41) is 11.7. The van der Waals surface area contributed by atoms with Gasteiger partial charge in [0.05, 0.1) is 5.54 Å². The Morgan fingerprint density at radius 1 is 1.03 bits per heavy atom. The second-order valence-corrected chi connectivity index (χ2v) is 8.34. The van der Waals surface area contributed by atoms with Crippen molar-refractivity contribution in [1.82, 2.24) is 4.90 Å². The Hall–Kier alpha value is -1.55. The van der Waals surface area contributed by atoms with E-state index in [0.717, 1.165) is 55.9 Å². The van der Waals surface area contributed by atoms with Gasteiger partial charge in [-0.05, 0) is 57.5 Å². The van der Waals surface area contributed by atoms with E-state index >= 15 is 0 Å². The first-order valence-corrected chi connectivity index (χ1v) is 10.6. The maximum atomic E-state index is 11.7. The molecule has 0 spiro atoms. The summed E-state index contributed by atoms with van der Waals surface area (Å²) in [7, 11) is 4.13. The Labute approximate surface area is 209 Å². The molecule has 0 radical (unpaired) electrons. The van der Waals surface area contributed by atoms with Crippen LogP contribution in [0.25, 0.3) is 0 Å². The van der Waals surface area contributed by atoms with Crippen LogP contribution < -0.4 is 0 Å². The topological polar surface area (TPSA) is 35.7 Å². The van der Waals surface area contributed by atoms with Gasteiger partial charge in [0.15, 0.2) is 13.1 Å². The molecule has 172 valence electrons. The van der Waals surface area contributed by atoms with E-state index in [0.29, 0.717) is 5.76 Å². The average molecular weight is 491 g/mol. The molecule has 1 atom stereocenters. The third-order valence-electron chi connectivity index (χ3n) is 6.35. The summed E-state index contributed by atoms with van der Waals surface area (Å²) >= 11 is 0. The molecule has 1 fully saturated rings. The van der Waals surface area contributed by atoms with Crippen LogP contribution in [0.5, 0.6) is 0 Å². The Bertz CT molecular complexity index is 837. The van der Waals surface area contributed by atoms with Crippen LogP contribution in [0.2, 0.25) is 0 Å². The van der Waals surface area contributed by atoms with Crippen LogP contribution in [0.4, 0.5) is 0 Å². The summed E-state index contributed by atoms with van der Waals surface area (Å²) < 4.78 is 7.86. The first-order valence-electron chi connectivity index (χ1n) is 10.6. The van der Waals surface area contributed by atoms with Gasteiger partial charge < -0.3 is 24.7 Å². The van der Waals surface area contributed by atoms with Gasteiger partial charge in [-0.2, -0.15) is 0 Å². The predicted molar refractivity (Wildman–Crippen MR) is 133 cm³/mol. The molecule has 0 saturated carbocycles. The van der Waals surface area contributed by atoms with E-state index in [-0.39, 0.29) is 34.3 Å². The fourth-order valence-electron chi connectivity index (χ4n) is 4.55. The molecule has 2 aliphatic rings. The monoisotopic (exact) mass is 489 g/mol. The van der Waals surface area contributed by atoms with Crippen molar-refractivity contribution in [2.45, 2.75) is 39.2 Å². The van der Waals surface area contributed by atoms with Gasteiger partial charge in [0.2, 0.25) is 5.71 Å². The molecular formula is C27H41N2O2Zn+. The second-order valence-electron chi connectivity index (χ2n) is 8.34. The van der Waals surface area contributed by atoms with E-state index in [2.05, 4.69) is 80.8 Å². The zero-order chi connectivity index (χ0) is 21.0. The molecule has 1 aliphatic heterocycles. The fourth-order valence-corrected chi connectivity index (χ4v) is 4.55. The van der Waals surface area contributed by atoms with E-state index < -0.39 is 5.54 Å². The van der Waals surface area contributed by atoms with Crippen molar-refractivity contribution < 1.29 is 33.9 Å². The average Bonchev–Trinajstić information content (AvgIpc) is 2.72. The molecule has 1 N–H and O–H groups in total. The molecule has 4 nitrogen and oxygen atoms in total. The molecular weight excluding hydrogens is 450 g/mol. The molecule has 0 bridgehead atoms. The van der Waals surface area contributed by atoms with E-state index in [4.69, 9.17) is 4.74 Å². The number of rotatable bonds is 5. The summed E-state index contributed by atoms with van der Waals surface area (Å²) in [5.74, 6) is 0.470. The maximum Gasteiger partial charge on any atom is 2.00 e. The number of aliphatic hydroxyl groups excluding tert-OH is 1. The van der Waals surface area contributed by atoms with Crippen LogP contribution in [0, 0.1) is 14.9 Å². The van der Waals surface area contributed by atoms with Gasteiger partial charge in [-0.15, -0.1) is 0 Å². The number of allylic oxidation sites excluding steroid dienone is 5. The van der Waals surface area contributed by atoms with Crippen molar-refractivity contribution in [2.75, 3.05) is 40.4 Å². The van der Waals surface area contributed by atoms with Gasteiger partial charge in [0.1, 0.15) is 19.0 Å². The molecule has 32 heavy (non-hydrogen) atoms. The molecule has 3 rings (SSSR count). The maximum absolute atomic E-state index is 11.7. The molecule has 0 amide bonds. The van der Waals surface area contributed by atoms with Crippen molar-refractivity contribution in [3.8, 4) is 0 Å². The summed E-state index contributed by atoms with van der Waals surface area (Å²) in [6.45, 7) is 9.76. The minimum atomic E-state index is -0.447. The summed E-state index contributed by atoms with van der Waals surface area (Å²) in [6.07, 6.45) is 6.02. The van der Waals surface area contributed by atoms with Gasteiger partial charge >= 0.3 is 19.5 Å². The number of hydrogen-bond acceptors (Lipinski definition) is 3. The summed E-state index contributed by atoms with van der Waals surface area (Å²) in [4.78, 5) is 2.17. The Morgan fingerprint density at radius 2 is 1.56 bits per heavy atom. The van der Waals surface area contributed by atoms with Crippen LogP contribution in [-0.4, -0.2) is 66.2 Å². The van der Waals surface area contributed by atoms with Crippen molar-refractivity contribution in [2.24, 2.45) is 0 Å². The Balaban J connectivity index is 0.00000320. The molecule has 1 unspecified atom stereocenters. The van der Waals surface area contributed by atoms with E-state index in [1.807, 2.05) is 6.07 Å². The zero-order valence-corrected chi connectivity index (χ0v) is 24.2. The van der Waals surface area contributed by atoms with E-state index in [1.54, 1.807) is 0 Å². The smallest absolute Gasteiger partial charge is 0.510 e. The van der Waals surface area contributed by atoms with Crippen LogP contribution >= 0.6 is 0 Å². The second kappa shape index (κ2) is 13.2. The van der Waals surface area contributed by atoms with Crippen LogP contribution in [0.1, 0.15) is 32.8 Å². The molecule has 1 aromatic carbocycles. The minimum Gasteiger partial charge on any atom is -0.510 e. The third-order valence-corrected chi connectivity index (χ3v) is 6.35. The van der Waals surface area contributed by atoms with Gasteiger partial charge in [0.25, 0.3) is 0 Å². The van der Waals surface area contributed by atoms with Gasteiger partial charge in [-0.25, -0.2) is 4.58 Å². The number of likely N-dealkylation sites (N-methyl/N-ethyl adjacent to an activating group) is 1. The van der Waals surface area contributed by atoms with Crippen LogP contribution in [-0.2, 0) is 30.6 Å². The Kier molecular flexibility index (Phi) is 12.6. The first kappa shape index (κ1) is 30.5. The molecule has 1 heterocycles. The normalized spacial score (nSPS) is 17.9. The predicted octanol–water partition coefficient (Wildman–Crippen LogP) is 5.04. The Morgan fingerprint density at radius 3 is 2.03 bits per heavy atom. The number of morpholine rings is 1. The molecule has 1 saturated heterocycles. The van der Waals surface area contributed by atoms with Crippen molar-refractivity contribution in [3.63, 3.8) is 0 Å². The molecule has 1 aliphatic carbocycles. The van der Waals surface area contributed by atoms with Crippen LogP contribution in [0.3, 0.4) is 0 Å². The number of ether oxygens (including phenoxy) is 1. The van der Waals surface area contributed by atoms with Crippen molar-refractivity contribution >= 4 is 5.71 Å². The van der Waals surface area contributed by atoms with Gasteiger partial charge in [0, 0.05) is 17.7 Å². The summed E-state index contributed by atoms with van der Waals surface area (Å²) in [6, 6.07) is 10.5. The quantitative estimate of drug-likeness (QED) is 0.272. The van der Waals surface area contributed by atoms with Gasteiger partial charge in [-0.1, -0.05) is 37.3 Å². The number of nitrogens with zero attached hydrogens (tertiary/aromatic N) is 2. The number of aliphatic hydroxyl groups is 1. The largest absolute Gasteiger partial charge is 2.00 e. The fraction of sp³-hybridized carbons (Fsp3) is 0.444. The van der Waals surface area contributed by atoms with Gasteiger partial charge in [-0.3, -0.25) is 4.90 Å². The molecule has 1 aromatic rings. The molecule has 0 aromatic heterocycles. The third kappa shape index (κ3) is 6.28. The zero-order valence-electron chi connectivity index (χ0n) is 21.2. The minimum absolute atomic E-state index is 0. The van der Waals surface area contributed by atoms with E-state index in [1.165, 1.54) is 11.3 Å². The molecule has 5 heteroatoms. The van der Waals surface area contributed by atoms with Crippen LogP contribution in [0.15, 0.2) is 65.0 Å². The number of hydrogen-bond donors (Lipinski definition) is 1. The first-order chi connectivity index (χ1) is 13.9. The SMILES string of the molecule is CCC(Cc1ccccc1)(C(O)=C1C(C)=CC(=[N+]2CCOCC2)C=C1C)N(C)C.[CH3-].[CH3-].[Zn+2]. The number of benzene rings is 1. The summed E-state index contributed by atoms with van der Waals surface area (Å²) in [5.41, 5.74) is 5.23. The standard InChI is InChI=1S/C25H34N2O2.2CH3.Zn/c1-6-25(26(4)5,18-21-10-8-7-9-11-21)24(28)23-19(2)16-22(17-20(23)3)27-12-14-29-15-13-27;;;/h7-11,16-17H,6,12-15,18H2,1-5H3;2*1H3;/q;2*-1;+2/p+1.